The molecule has 0 saturated heterocycles. The Morgan fingerprint density at radius 1 is 1.32 bits per heavy atom. The van der Waals surface area contributed by atoms with Crippen LogP contribution in [0.3, 0.4) is 0 Å². The number of thiocarbonyl (C=S) groups is 1. The summed E-state index contributed by atoms with van der Waals surface area (Å²) in [4.78, 5) is 13.0. The summed E-state index contributed by atoms with van der Waals surface area (Å²) < 4.78 is 13.1. The predicted molar refractivity (Wildman–Crippen MR) is 93.8 cm³/mol. The van der Waals surface area contributed by atoms with Gasteiger partial charge in [-0.1, -0.05) is 6.07 Å². The van der Waals surface area contributed by atoms with Crippen LogP contribution in [0.25, 0.3) is 10.9 Å². The third kappa shape index (κ3) is 3.58. The molecular weight excluding hydrogens is 349 g/mol. The second-order valence-corrected chi connectivity index (χ2v) is 5.34. The number of anilines is 1. The molecule has 0 bridgehead atoms. The number of benzene rings is 2. The number of H-pyrrole nitrogens is 1. The van der Waals surface area contributed by atoms with Crippen molar-refractivity contribution in [2.24, 2.45) is 10.2 Å². The molecule has 126 valence electrons. The van der Waals surface area contributed by atoms with Gasteiger partial charge < -0.3 is 15.4 Å². The van der Waals surface area contributed by atoms with Crippen molar-refractivity contribution in [2.75, 3.05) is 5.32 Å². The number of hydrogen-bond acceptors (Lipinski definition) is 5. The first kappa shape index (κ1) is 16.5. The first-order valence-electron chi connectivity index (χ1n) is 6.91. The van der Waals surface area contributed by atoms with Crippen LogP contribution in [0.2, 0.25) is 0 Å². The highest BCUT2D eigenvalue weighted by atomic mass is 32.1. The van der Waals surface area contributed by atoms with Gasteiger partial charge >= 0.3 is 0 Å². The van der Waals surface area contributed by atoms with Gasteiger partial charge in [0, 0.05) is 23.2 Å². The molecule has 8 nitrogen and oxygen atoms in total. The van der Waals surface area contributed by atoms with Crippen molar-refractivity contribution < 1.29 is 14.4 Å². The molecular formula is C15H10FN5O3S. The fourth-order valence-electron chi connectivity index (χ4n) is 2.18. The Balaban J connectivity index is 1.87. The van der Waals surface area contributed by atoms with Gasteiger partial charge in [-0.25, -0.2) is 4.39 Å². The summed E-state index contributed by atoms with van der Waals surface area (Å²) in [5, 5.41) is 31.3. The maximum absolute atomic E-state index is 13.1. The molecule has 10 heteroatoms. The van der Waals surface area contributed by atoms with E-state index in [1.165, 1.54) is 36.4 Å². The fourth-order valence-corrected chi connectivity index (χ4v) is 2.34. The van der Waals surface area contributed by atoms with E-state index in [0.29, 0.717) is 16.6 Å². The Morgan fingerprint density at radius 2 is 2.12 bits per heavy atom. The van der Waals surface area contributed by atoms with Crippen LogP contribution in [-0.4, -0.2) is 20.1 Å². The van der Waals surface area contributed by atoms with Crippen molar-refractivity contribution in [1.82, 2.24) is 4.98 Å². The number of nitrogens with one attached hydrogen (secondary N) is 2. The van der Waals surface area contributed by atoms with Crippen LogP contribution in [0.4, 0.5) is 21.5 Å². The van der Waals surface area contributed by atoms with E-state index >= 15 is 0 Å². The molecule has 25 heavy (non-hydrogen) atoms. The van der Waals surface area contributed by atoms with Crippen molar-refractivity contribution >= 4 is 45.3 Å². The number of halogens is 1. The lowest BCUT2D eigenvalue weighted by Crippen LogP contribution is -2.04. The number of aromatic nitrogens is 1. The number of nitro benzene ring substituents is 1. The van der Waals surface area contributed by atoms with Crippen LogP contribution in [0.1, 0.15) is 0 Å². The van der Waals surface area contributed by atoms with Crippen LogP contribution in [0.5, 0.6) is 5.88 Å². The lowest BCUT2D eigenvalue weighted by atomic mass is 10.2. The molecule has 3 rings (SSSR count). The van der Waals surface area contributed by atoms with Gasteiger partial charge in [-0.15, -0.1) is 10.2 Å². The third-order valence-electron chi connectivity index (χ3n) is 3.26. The number of rotatable bonds is 3. The molecule has 0 aliphatic carbocycles. The van der Waals surface area contributed by atoms with Gasteiger partial charge in [0.15, 0.2) is 5.69 Å². The molecule has 2 aromatic carbocycles. The molecule has 3 aromatic rings. The highest BCUT2D eigenvalue weighted by molar-refractivity contribution is 7.80. The average Bonchev–Trinajstić information content (AvgIpc) is 2.87. The third-order valence-corrected chi connectivity index (χ3v) is 3.45. The number of nitrogens with zero attached hydrogens (tertiary/aromatic N) is 3. The van der Waals surface area contributed by atoms with Crippen molar-refractivity contribution in [1.29, 1.82) is 0 Å². The SMILES string of the molecule is O=[N+]([O-])c1ccc2[nH]c(O)c(N=NC(=S)Nc3cccc(F)c3)c2c1. The molecule has 0 aliphatic heterocycles. The van der Waals surface area contributed by atoms with Gasteiger partial charge in [0.1, 0.15) is 5.82 Å². The largest absolute Gasteiger partial charge is 0.493 e. The van der Waals surface area contributed by atoms with Crippen molar-refractivity contribution in [3.63, 3.8) is 0 Å². The van der Waals surface area contributed by atoms with Crippen LogP contribution in [-0.2, 0) is 0 Å². The van der Waals surface area contributed by atoms with Gasteiger partial charge in [-0.05, 0) is 36.5 Å². The summed E-state index contributed by atoms with van der Waals surface area (Å²) in [6.45, 7) is 0. The minimum Gasteiger partial charge on any atom is -0.493 e. The average molecular weight is 359 g/mol. The van der Waals surface area contributed by atoms with Crippen molar-refractivity contribution in [2.45, 2.75) is 0 Å². The van der Waals surface area contributed by atoms with E-state index in [1.807, 2.05) is 0 Å². The van der Waals surface area contributed by atoms with E-state index < -0.39 is 10.7 Å². The second-order valence-electron chi connectivity index (χ2n) is 4.95. The number of aromatic amines is 1. The molecule has 0 spiro atoms. The van der Waals surface area contributed by atoms with E-state index in [2.05, 4.69) is 20.5 Å². The Labute approximate surface area is 145 Å². The van der Waals surface area contributed by atoms with Crippen LogP contribution >= 0.6 is 12.2 Å². The summed E-state index contributed by atoms with van der Waals surface area (Å²) >= 11 is 4.99. The summed E-state index contributed by atoms with van der Waals surface area (Å²) in [5.41, 5.74) is 0.717. The van der Waals surface area contributed by atoms with Gasteiger partial charge in [-0.3, -0.25) is 10.1 Å². The molecule has 0 saturated carbocycles. The van der Waals surface area contributed by atoms with E-state index in [9.17, 15) is 19.6 Å². The maximum Gasteiger partial charge on any atom is 0.270 e. The normalized spacial score (nSPS) is 11.1. The van der Waals surface area contributed by atoms with Gasteiger partial charge in [0.2, 0.25) is 11.0 Å². The number of azo groups is 1. The molecule has 0 amide bonds. The quantitative estimate of drug-likeness (QED) is 0.277. The first-order chi connectivity index (χ1) is 11.9. The van der Waals surface area contributed by atoms with Crippen molar-refractivity contribution in [3.05, 3.63) is 58.4 Å². The Morgan fingerprint density at radius 3 is 2.84 bits per heavy atom. The maximum atomic E-state index is 13.1. The molecule has 1 heterocycles. The highest BCUT2D eigenvalue weighted by Gasteiger charge is 2.15. The van der Waals surface area contributed by atoms with E-state index in [1.54, 1.807) is 6.07 Å². The van der Waals surface area contributed by atoms with Gasteiger partial charge in [-0.2, -0.15) is 0 Å². The summed E-state index contributed by atoms with van der Waals surface area (Å²) in [5.74, 6) is -0.737. The number of fused-ring (bicyclic) bond motifs is 1. The number of nitro groups is 1. The van der Waals surface area contributed by atoms with Crippen LogP contribution in [0, 0.1) is 15.9 Å². The molecule has 0 aliphatic rings. The lowest BCUT2D eigenvalue weighted by Gasteiger charge is -2.02. The topological polar surface area (TPSA) is 116 Å². The molecule has 0 atom stereocenters. The zero-order valence-corrected chi connectivity index (χ0v) is 13.2. The predicted octanol–water partition coefficient (Wildman–Crippen LogP) is 4.40. The minimum absolute atomic E-state index is 0.0158. The van der Waals surface area contributed by atoms with Gasteiger partial charge in [0.25, 0.3) is 5.69 Å². The van der Waals surface area contributed by atoms with Crippen LogP contribution < -0.4 is 5.32 Å². The molecule has 0 radical (unpaired) electrons. The Hall–Kier alpha value is -3.40. The Kier molecular flexibility index (Phi) is 4.35. The van der Waals surface area contributed by atoms with E-state index in [-0.39, 0.29) is 22.4 Å². The lowest BCUT2D eigenvalue weighted by molar-refractivity contribution is -0.384. The standard InChI is InChI=1S/C15H10FN5O3S/c16-8-2-1-3-9(6-8)17-15(25)20-19-13-11-7-10(21(23)24)4-5-12(11)18-14(13)22/h1-7,18,22H,(H,17,25). The monoisotopic (exact) mass is 359 g/mol. The summed E-state index contributed by atoms with van der Waals surface area (Å²) in [6, 6.07) is 9.63. The van der Waals surface area contributed by atoms with Gasteiger partial charge in [0.05, 0.1) is 10.4 Å². The van der Waals surface area contributed by atoms with E-state index in [4.69, 9.17) is 12.2 Å². The zero-order chi connectivity index (χ0) is 18.0. The molecule has 3 N–H and O–H groups in total. The Bertz CT molecular complexity index is 1020. The number of non-ortho nitro benzene ring substituents is 1. The smallest absolute Gasteiger partial charge is 0.270 e. The highest BCUT2D eigenvalue weighted by Crippen LogP contribution is 2.37. The second kappa shape index (κ2) is 6.61. The van der Waals surface area contributed by atoms with Crippen LogP contribution in [0.15, 0.2) is 52.7 Å². The number of aromatic hydroxyl groups is 1. The molecule has 0 unspecified atom stereocenters. The number of hydrogen-bond donors (Lipinski definition) is 3. The minimum atomic E-state index is -0.555. The van der Waals surface area contributed by atoms with Crippen molar-refractivity contribution in [3.8, 4) is 5.88 Å². The zero-order valence-electron chi connectivity index (χ0n) is 12.4. The summed E-state index contributed by atoms with van der Waals surface area (Å²) in [6.07, 6.45) is 0. The fraction of sp³-hybridized carbons (Fsp3) is 0. The first-order valence-corrected chi connectivity index (χ1v) is 7.32. The summed E-state index contributed by atoms with van der Waals surface area (Å²) in [7, 11) is 0. The molecule has 1 aromatic heterocycles. The molecule has 0 fully saturated rings. The van der Waals surface area contributed by atoms with E-state index in [0.717, 1.165) is 0 Å².